The van der Waals surface area contributed by atoms with Crippen molar-refractivity contribution < 1.29 is 4.57 Å². The maximum absolute atomic E-state index is 2.39. The highest BCUT2D eigenvalue weighted by molar-refractivity contribution is 6.88. The van der Waals surface area contributed by atoms with Crippen molar-refractivity contribution in [3.63, 3.8) is 0 Å². The average molecular weight is 299 g/mol. The van der Waals surface area contributed by atoms with Crippen LogP contribution in [0.1, 0.15) is 30.9 Å². The van der Waals surface area contributed by atoms with E-state index >= 15 is 0 Å². The maximum atomic E-state index is 2.39. The van der Waals surface area contributed by atoms with E-state index in [2.05, 4.69) is 88.6 Å². The van der Waals surface area contributed by atoms with Crippen LogP contribution in [0.5, 0.6) is 0 Å². The smallest absolute Gasteiger partial charge is 0.201 e. The predicted octanol–water partition coefficient (Wildman–Crippen LogP) is 4.16. The Kier molecular flexibility index (Phi) is 4.38. The Morgan fingerprint density at radius 2 is 1.67 bits per heavy atom. The van der Waals surface area contributed by atoms with Crippen molar-refractivity contribution in [2.45, 2.75) is 46.3 Å². The summed E-state index contributed by atoms with van der Waals surface area (Å²) >= 11 is 0. The van der Waals surface area contributed by atoms with Gasteiger partial charge in [0.2, 0.25) is 5.69 Å². The van der Waals surface area contributed by atoms with Crippen molar-refractivity contribution in [2.75, 3.05) is 0 Å². The third-order valence-electron chi connectivity index (χ3n) is 4.19. The molecular formula is C19H28NSi+. The molecule has 2 aromatic rings. The first-order chi connectivity index (χ1) is 9.70. The lowest BCUT2D eigenvalue weighted by Gasteiger charge is -2.15. The van der Waals surface area contributed by atoms with Crippen LogP contribution in [0.3, 0.4) is 0 Å². The summed E-state index contributed by atoms with van der Waals surface area (Å²) in [6, 6.07) is 11.5. The second kappa shape index (κ2) is 5.76. The molecule has 0 saturated heterocycles. The van der Waals surface area contributed by atoms with Gasteiger partial charge in [0.15, 0.2) is 6.20 Å². The van der Waals surface area contributed by atoms with Crippen LogP contribution in [-0.2, 0) is 7.05 Å². The number of nitrogens with zero attached hydrogens (tertiary/aromatic N) is 1. The molecule has 0 N–H and O–H groups in total. The molecule has 0 unspecified atom stereocenters. The molecule has 112 valence electrons. The molecule has 2 heteroatoms. The van der Waals surface area contributed by atoms with E-state index < -0.39 is 8.07 Å². The molecule has 1 nitrogen and oxygen atoms in total. The van der Waals surface area contributed by atoms with Gasteiger partial charge in [0.1, 0.15) is 7.05 Å². The Balaban J connectivity index is 2.48. The fourth-order valence-electron chi connectivity index (χ4n) is 2.66. The number of hydrogen-bond acceptors (Lipinski definition) is 0. The summed E-state index contributed by atoms with van der Waals surface area (Å²) in [5, 5.41) is 1.50. The largest absolute Gasteiger partial charge is 0.212 e. The summed E-state index contributed by atoms with van der Waals surface area (Å²) in [7, 11) is 0.915. The molecule has 0 aliphatic heterocycles. The molecule has 0 saturated carbocycles. The summed E-state index contributed by atoms with van der Waals surface area (Å²) in [4.78, 5) is 0. The van der Waals surface area contributed by atoms with Gasteiger partial charge in [-0.15, -0.1) is 0 Å². The zero-order valence-electron chi connectivity index (χ0n) is 14.5. The third kappa shape index (κ3) is 3.43. The lowest BCUT2D eigenvalue weighted by molar-refractivity contribution is -0.659. The number of aromatic nitrogens is 1. The summed E-state index contributed by atoms with van der Waals surface area (Å²) in [5.74, 6) is 0.584. The number of hydrogen-bond donors (Lipinski definition) is 0. The van der Waals surface area contributed by atoms with Gasteiger partial charge < -0.3 is 0 Å². The van der Waals surface area contributed by atoms with E-state index in [4.69, 9.17) is 0 Å². The molecule has 0 aliphatic carbocycles. The van der Waals surface area contributed by atoms with Gasteiger partial charge in [-0.25, -0.2) is 4.57 Å². The number of benzene rings is 1. The van der Waals surface area contributed by atoms with Gasteiger partial charge in [-0.3, -0.25) is 0 Å². The van der Waals surface area contributed by atoms with E-state index in [1.165, 1.54) is 27.6 Å². The van der Waals surface area contributed by atoms with Crippen molar-refractivity contribution in [1.82, 2.24) is 0 Å². The van der Waals surface area contributed by atoms with Crippen molar-refractivity contribution in [3.8, 4) is 11.3 Å². The Labute approximate surface area is 130 Å². The SMILES string of the molecule is Cc1cc(C(C)C)ccc1-c1ccc([Si](C)(C)C)c[n+]1C. The van der Waals surface area contributed by atoms with Crippen LogP contribution in [0, 0.1) is 6.92 Å². The molecule has 0 aliphatic rings. The van der Waals surface area contributed by atoms with Crippen molar-refractivity contribution in [1.29, 1.82) is 0 Å². The number of pyridine rings is 1. The number of rotatable bonds is 3. The second-order valence-electron chi connectivity index (χ2n) is 7.39. The molecule has 0 atom stereocenters. The quantitative estimate of drug-likeness (QED) is 0.592. The van der Waals surface area contributed by atoms with E-state index in [0.29, 0.717) is 5.92 Å². The first-order valence-electron chi connectivity index (χ1n) is 7.81. The van der Waals surface area contributed by atoms with E-state index in [-0.39, 0.29) is 0 Å². The Morgan fingerprint density at radius 1 is 1.00 bits per heavy atom. The Morgan fingerprint density at radius 3 is 2.14 bits per heavy atom. The average Bonchev–Trinajstić information content (AvgIpc) is 2.38. The molecular weight excluding hydrogens is 270 g/mol. The molecule has 21 heavy (non-hydrogen) atoms. The lowest BCUT2D eigenvalue weighted by Crippen LogP contribution is -2.44. The van der Waals surface area contributed by atoms with E-state index in [1.54, 1.807) is 0 Å². The van der Waals surface area contributed by atoms with E-state index in [0.717, 1.165) is 0 Å². The highest BCUT2D eigenvalue weighted by Crippen LogP contribution is 2.24. The minimum atomic E-state index is -1.25. The van der Waals surface area contributed by atoms with Crippen molar-refractivity contribution in [2.24, 2.45) is 7.05 Å². The molecule has 0 fully saturated rings. The molecule has 1 heterocycles. The third-order valence-corrected chi connectivity index (χ3v) is 6.22. The van der Waals surface area contributed by atoms with Crippen LogP contribution in [0.25, 0.3) is 11.3 Å². The van der Waals surface area contributed by atoms with Gasteiger partial charge in [-0.05, 0) is 30.0 Å². The van der Waals surface area contributed by atoms with Crippen LogP contribution in [0.2, 0.25) is 19.6 Å². The molecule has 0 spiro atoms. The highest BCUT2D eigenvalue weighted by atomic mass is 28.3. The van der Waals surface area contributed by atoms with Crippen molar-refractivity contribution in [3.05, 3.63) is 47.7 Å². The summed E-state index contributed by atoms with van der Waals surface area (Å²) in [5.41, 5.74) is 5.41. The zero-order chi connectivity index (χ0) is 15.8. The van der Waals surface area contributed by atoms with Crippen molar-refractivity contribution >= 4 is 13.3 Å². The van der Waals surface area contributed by atoms with Crippen LogP contribution in [0.15, 0.2) is 36.5 Å². The molecule has 2 rings (SSSR count). The highest BCUT2D eigenvalue weighted by Gasteiger charge is 2.21. The standard InChI is InChI=1S/C19H28NSi/c1-14(2)16-8-10-18(15(3)12-16)19-11-9-17(13-20(19)4)21(5,6)7/h8-14H,1-7H3/q+1. The Bertz CT molecular complexity index is 651. The van der Waals surface area contributed by atoms with Gasteiger partial charge in [-0.1, -0.05) is 51.7 Å². The normalized spacial score (nSPS) is 12.0. The molecule has 0 radical (unpaired) electrons. The van der Waals surface area contributed by atoms with Gasteiger partial charge >= 0.3 is 0 Å². The summed E-state index contributed by atoms with van der Waals surface area (Å²) in [6.07, 6.45) is 2.32. The fraction of sp³-hybridized carbons (Fsp3) is 0.421. The van der Waals surface area contributed by atoms with Gasteiger partial charge in [0.25, 0.3) is 0 Å². The van der Waals surface area contributed by atoms with Crippen LogP contribution >= 0.6 is 0 Å². The lowest BCUT2D eigenvalue weighted by atomic mass is 9.96. The van der Waals surface area contributed by atoms with Crippen LogP contribution < -0.4 is 9.75 Å². The fourth-order valence-corrected chi connectivity index (χ4v) is 3.83. The second-order valence-corrected chi connectivity index (χ2v) is 12.5. The first kappa shape index (κ1) is 16.0. The first-order valence-corrected chi connectivity index (χ1v) is 11.3. The number of aryl methyl sites for hydroxylation is 2. The molecule has 0 bridgehead atoms. The molecule has 0 amide bonds. The molecule has 1 aromatic carbocycles. The van der Waals surface area contributed by atoms with Gasteiger partial charge in [0.05, 0.1) is 8.07 Å². The van der Waals surface area contributed by atoms with E-state index in [9.17, 15) is 0 Å². The maximum Gasteiger partial charge on any atom is 0.212 e. The zero-order valence-corrected chi connectivity index (χ0v) is 15.5. The topological polar surface area (TPSA) is 3.88 Å². The summed E-state index contributed by atoms with van der Waals surface area (Å²) < 4.78 is 2.28. The van der Waals surface area contributed by atoms with E-state index in [1.807, 2.05) is 0 Å². The van der Waals surface area contributed by atoms with Crippen LogP contribution in [0.4, 0.5) is 0 Å². The predicted molar refractivity (Wildman–Crippen MR) is 94.9 cm³/mol. The van der Waals surface area contributed by atoms with Gasteiger partial charge in [-0.2, -0.15) is 0 Å². The van der Waals surface area contributed by atoms with Gasteiger partial charge in [0, 0.05) is 16.8 Å². The summed E-state index contributed by atoms with van der Waals surface area (Å²) in [6.45, 7) is 13.9. The van der Waals surface area contributed by atoms with Crippen LogP contribution in [-0.4, -0.2) is 8.07 Å². The minimum absolute atomic E-state index is 0.584. The Hall–Kier alpha value is -1.41. The monoisotopic (exact) mass is 298 g/mol. The molecule has 1 aromatic heterocycles. The minimum Gasteiger partial charge on any atom is -0.201 e.